The minimum absolute atomic E-state index is 0.126. The lowest BCUT2D eigenvalue weighted by atomic mass is 10.0. The zero-order valence-corrected chi connectivity index (χ0v) is 18.2. The Morgan fingerprint density at radius 1 is 1.28 bits per heavy atom. The standard InChI is InChI=1S/C23H40N4O2/c1-2-3-4-5-16-27-19-25-22(26-14-6-7-15-26)18-20(27)12-13-24-23(28)11-10-21-9-8-17-29-21/h8-9,17,20,22,25H,2-7,10-16,18-19H2,1H3,(H,24,28). The van der Waals surface area contributed by atoms with E-state index in [0.717, 1.165) is 38.4 Å². The number of rotatable bonds is 12. The van der Waals surface area contributed by atoms with E-state index >= 15 is 0 Å². The van der Waals surface area contributed by atoms with Crippen molar-refractivity contribution >= 4 is 5.91 Å². The minimum atomic E-state index is 0.126. The number of hydrogen-bond acceptors (Lipinski definition) is 5. The van der Waals surface area contributed by atoms with E-state index in [4.69, 9.17) is 4.42 Å². The Morgan fingerprint density at radius 3 is 2.90 bits per heavy atom. The summed E-state index contributed by atoms with van der Waals surface area (Å²) in [6.07, 6.45) is 13.4. The normalized spacial score (nSPS) is 23.5. The molecule has 6 nitrogen and oxygen atoms in total. The van der Waals surface area contributed by atoms with Gasteiger partial charge < -0.3 is 9.73 Å². The number of aryl methyl sites for hydroxylation is 1. The molecular weight excluding hydrogens is 364 g/mol. The van der Waals surface area contributed by atoms with Crippen molar-refractivity contribution in [2.45, 2.75) is 83.3 Å². The van der Waals surface area contributed by atoms with Crippen molar-refractivity contribution in [1.82, 2.24) is 20.4 Å². The maximum absolute atomic E-state index is 12.2. The van der Waals surface area contributed by atoms with Crippen LogP contribution in [0.3, 0.4) is 0 Å². The van der Waals surface area contributed by atoms with E-state index in [9.17, 15) is 4.79 Å². The van der Waals surface area contributed by atoms with Crippen molar-refractivity contribution < 1.29 is 9.21 Å². The number of nitrogens with one attached hydrogen (secondary N) is 2. The summed E-state index contributed by atoms with van der Waals surface area (Å²) in [6, 6.07) is 4.35. The summed E-state index contributed by atoms with van der Waals surface area (Å²) in [5.74, 6) is 1.01. The van der Waals surface area contributed by atoms with E-state index in [2.05, 4.69) is 27.4 Å². The molecule has 2 fully saturated rings. The molecule has 0 spiro atoms. The summed E-state index contributed by atoms with van der Waals surface area (Å²) in [6.45, 7) is 7.62. The second kappa shape index (κ2) is 12.4. The van der Waals surface area contributed by atoms with Crippen LogP contribution < -0.4 is 10.6 Å². The summed E-state index contributed by atoms with van der Waals surface area (Å²) in [7, 11) is 0. The van der Waals surface area contributed by atoms with Gasteiger partial charge in [-0.1, -0.05) is 26.2 Å². The number of carbonyl (C=O) groups is 1. The maximum Gasteiger partial charge on any atom is 0.220 e. The average Bonchev–Trinajstić information content (AvgIpc) is 3.44. The molecule has 0 saturated carbocycles. The predicted octanol–water partition coefficient (Wildman–Crippen LogP) is 3.34. The van der Waals surface area contributed by atoms with Gasteiger partial charge >= 0.3 is 0 Å². The van der Waals surface area contributed by atoms with Crippen LogP contribution in [0.15, 0.2) is 22.8 Å². The van der Waals surface area contributed by atoms with E-state index < -0.39 is 0 Å². The fourth-order valence-corrected chi connectivity index (χ4v) is 4.64. The SMILES string of the molecule is CCCCCCN1CNC(N2CCCC2)CC1CCNC(=O)CCc1ccco1. The third-order valence-corrected chi connectivity index (χ3v) is 6.40. The first kappa shape index (κ1) is 22.3. The van der Waals surface area contributed by atoms with Crippen LogP contribution in [0.25, 0.3) is 0 Å². The Labute approximate surface area is 176 Å². The number of furan rings is 1. The molecule has 3 heterocycles. The fourth-order valence-electron chi connectivity index (χ4n) is 4.64. The molecule has 0 bridgehead atoms. The minimum Gasteiger partial charge on any atom is -0.469 e. The first-order chi connectivity index (χ1) is 14.3. The lowest BCUT2D eigenvalue weighted by molar-refractivity contribution is -0.121. The van der Waals surface area contributed by atoms with E-state index in [-0.39, 0.29) is 5.91 Å². The average molecular weight is 405 g/mol. The molecule has 2 unspecified atom stereocenters. The maximum atomic E-state index is 12.2. The number of unbranched alkanes of at least 4 members (excludes halogenated alkanes) is 3. The smallest absolute Gasteiger partial charge is 0.220 e. The van der Waals surface area contributed by atoms with E-state index in [1.165, 1.54) is 51.6 Å². The molecule has 0 radical (unpaired) electrons. The Kier molecular flexibility index (Phi) is 9.51. The summed E-state index contributed by atoms with van der Waals surface area (Å²) in [4.78, 5) is 17.4. The van der Waals surface area contributed by atoms with E-state index in [1.54, 1.807) is 6.26 Å². The van der Waals surface area contributed by atoms with Crippen LogP contribution in [0.2, 0.25) is 0 Å². The number of hydrogen-bond donors (Lipinski definition) is 2. The molecule has 29 heavy (non-hydrogen) atoms. The zero-order valence-electron chi connectivity index (χ0n) is 18.2. The van der Waals surface area contributed by atoms with Crippen molar-refractivity contribution in [2.24, 2.45) is 0 Å². The molecule has 0 aromatic carbocycles. The highest BCUT2D eigenvalue weighted by Gasteiger charge is 2.31. The van der Waals surface area contributed by atoms with Gasteiger partial charge in [0.15, 0.2) is 0 Å². The van der Waals surface area contributed by atoms with Crippen LogP contribution in [0, 0.1) is 0 Å². The van der Waals surface area contributed by atoms with Gasteiger partial charge in [-0.05, 0) is 63.9 Å². The predicted molar refractivity (Wildman–Crippen MR) is 117 cm³/mol. The van der Waals surface area contributed by atoms with Crippen LogP contribution in [-0.4, -0.2) is 60.8 Å². The van der Waals surface area contributed by atoms with Gasteiger partial charge in [-0.3, -0.25) is 19.9 Å². The van der Waals surface area contributed by atoms with Crippen molar-refractivity contribution in [3.8, 4) is 0 Å². The Balaban J connectivity index is 1.42. The largest absolute Gasteiger partial charge is 0.469 e. The van der Waals surface area contributed by atoms with Crippen LogP contribution in [0.1, 0.15) is 70.5 Å². The molecule has 2 aliphatic heterocycles. The molecule has 164 valence electrons. The number of carbonyl (C=O) groups excluding carboxylic acids is 1. The highest BCUT2D eigenvalue weighted by atomic mass is 16.3. The second-order valence-electron chi connectivity index (χ2n) is 8.60. The monoisotopic (exact) mass is 404 g/mol. The Hall–Kier alpha value is -1.37. The van der Waals surface area contributed by atoms with Crippen molar-refractivity contribution in [1.29, 1.82) is 0 Å². The van der Waals surface area contributed by atoms with Gasteiger partial charge in [0.05, 0.1) is 12.4 Å². The summed E-state index contributed by atoms with van der Waals surface area (Å²) < 4.78 is 5.31. The molecule has 1 amide bonds. The first-order valence-electron chi connectivity index (χ1n) is 11.8. The number of amides is 1. The lowest BCUT2D eigenvalue weighted by Crippen LogP contribution is -2.59. The first-order valence-corrected chi connectivity index (χ1v) is 11.8. The van der Waals surface area contributed by atoms with Gasteiger partial charge in [-0.2, -0.15) is 0 Å². The van der Waals surface area contributed by atoms with Gasteiger partial charge in [0, 0.05) is 32.1 Å². The van der Waals surface area contributed by atoms with Crippen LogP contribution in [0.5, 0.6) is 0 Å². The van der Waals surface area contributed by atoms with E-state index in [1.807, 2.05) is 12.1 Å². The van der Waals surface area contributed by atoms with Gasteiger partial charge in [0.2, 0.25) is 5.91 Å². The van der Waals surface area contributed by atoms with Crippen molar-refractivity contribution in [2.75, 3.05) is 32.8 Å². The highest BCUT2D eigenvalue weighted by Crippen LogP contribution is 2.22. The third kappa shape index (κ3) is 7.43. The summed E-state index contributed by atoms with van der Waals surface area (Å²) in [5.41, 5.74) is 0. The van der Waals surface area contributed by atoms with Crippen molar-refractivity contribution in [3.63, 3.8) is 0 Å². The second-order valence-corrected chi connectivity index (χ2v) is 8.60. The zero-order chi connectivity index (χ0) is 20.3. The topological polar surface area (TPSA) is 60.8 Å². The third-order valence-electron chi connectivity index (χ3n) is 6.40. The molecule has 6 heteroatoms. The molecule has 2 aliphatic rings. The molecular formula is C23H40N4O2. The van der Waals surface area contributed by atoms with Gasteiger partial charge in [-0.25, -0.2) is 0 Å². The molecule has 1 aromatic heterocycles. The number of nitrogens with zero attached hydrogens (tertiary/aromatic N) is 2. The Morgan fingerprint density at radius 2 is 2.14 bits per heavy atom. The van der Waals surface area contributed by atoms with Gasteiger partial charge in [-0.15, -0.1) is 0 Å². The highest BCUT2D eigenvalue weighted by molar-refractivity contribution is 5.76. The number of likely N-dealkylation sites (tertiary alicyclic amines) is 1. The van der Waals surface area contributed by atoms with Crippen LogP contribution in [-0.2, 0) is 11.2 Å². The van der Waals surface area contributed by atoms with Crippen LogP contribution in [0.4, 0.5) is 0 Å². The molecule has 2 N–H and O–H groups in total. The Bertz CT molecular complexity index is 571. The van der Waals surface area contributed by atoms with E-state index in [0.29, 0.717) is 25.0 Å². The molecule has 3 rings (SSSR count). The van der Waals surface area contributed by atoms with Gasteiger partial charge in [0.1, 0.15) is 5.76 Å². The molecule has 2 saturated heterocycles. The quantitative estimate of drug-likeness (QED) is 0.523. The lowest BCUT2D eigenvalue weighted by Gasteiger charge is -2.43. The molecule has 2 atom stereocenters. The molecule has 1 aromatic rings. The van der Waals surface area contributed by atoms with Crippen molar-refractivity contribution in [3.05, 3.63) is 24.2 Å². The van der Waals surface area contributed by atoms with Crippen LogP contribution >= 0.6 is 0 Å². The summed E-state index contributed by atoms with van der Waals surface area (Å²) >= 11 is 0. The van der Waals surface area contributed by atoms with Gasteiger partial charge in [0.25, 0.3) is 0 Å². The molecule has 0 aliphatic carbocycles. The fraction of sp³-hybridized carbons (Fsp3) is 0.783. The summed E-state index contributed by atoms with van der Waals surface area (Å²) in [5, 5.41) is 6.90.